The van der Waals surface area contributed by atoms with E-state index in [1.807, 2.05) is 4.57 Å². The molecule has 1 aliphatic rings. The van der Waals surface area contributed by atoms with Gasteiger partial charge in [0.25, 0.3) is 0 Å². The molecule has 2 aromatic rings. The molecule has 0 radical (unpaired) electrons. The zero-order chi connectivity index (χ0) is 11.1. The van der Waals surface area contributed by atoms with Crippen LogP contribution in [0.1, 0.15) is 12.2 Å². The number of hydrogen-bond donors (Lipinski definition) is 0. The summed E-state index contributed by atoms with van der Waals surface area (Å²) in [5.41, 5.74) is 0.566. The van der Waals surface area contributed by atoms with Crippen LogP contribution >= 0.6 is 22.9 Å². The van der Waals surface area contributed by atoms with Crippen LogP contribution in [0.3, 0.4) is 0 Å². The van der Waals surface area contributed by atoms with Gasteiger partial charge in [0.05, 0.1) is 18.5 Å². The Morgan fingerprint density at radius 1 is 1.69 bits per heavy atom. The van der Waals surface area contributed by atoms with Gasteiger partial charge in [0.1, 0.15) is 16.2 Å². The van der Waals surface area contributed by atoms with E-state index in [2.05, 4.69) is 4.98 Å². The van der Waals surface area contributed by atoms with Gasteiger partial charge in [-0.05, 0) is 6.42 Å². The van der Waals surface area contributed by atoms with Crippen molar-refractivity contribution in [2.75, 3.05) is 6.61 Å². The maximum atomic E-state index is 13.6. The maximum Gasteiger partial charge on any atom is 0.159 e. The number of rotatable bonds is 3. The van der Waals surface area contributed by atoms with Gasteiger partial charge < -0.3 is 9.30 Å². The molecule has 0 N–H and O–H groups in total. The number of nitrogens with zero attached hydrogens (tertiary/aromatic N) is 2. The van der Waals surface area contributed by atoms with Crippen molar-refractivity contribution >= 4 is 33.3 Å². The molecule has 0 aliphatic carbocycles. The van der Waals surface area contributed by atoms with Crippen LogP contribution in [-0.4, -0.2) is 22.3 Å². The standard InChI is InChI=1S/C10H10ClFN2OS/c11-3-8-13-10-9(7(12)5-16-10)14(8)4-6-1-2-15-6/h5-6H,1-4H2/t6-/m0/s1. The smallest absolute Gasteiger partial charge is 0.159 e. The largest absolute Gasteiger partial charge is 0.376 e. The van der Waals surface area contributed by atoms with E-state index < -0.39 is 0 Å². The number of alkyl halides is 1. The van der Waals surface area contributed by atoms with Crippen molar-refractivity contribution < 1.29 is 9.13 Å². The summed E-state index contributed by atoms with van der Waals surface area (Å²) in [5, 5.41) is 1.48. The summed E-state index contributed by atoms with van der Waals surface area (Å²) in [7, 11) is 0. The van der Waals surface area contributed by atoms with Crippen molar-refractivity contribution in [3.63, 3.8) is 0 Å². The monoisotopic (exact) mass is 260 g/mol. The minimum Gasteiger partial charge on any atom is -0.376 e. The molecule has 86 valence electrons. The SMILES string of the molecule is Fc1csc2nc(CCl)n(C[C@@H]3CCO3)c12. The lowest BCUT2D eigenvalue weighted by atomic mass is 10.2. The van der Waals surface area contributed by atoms with Gasteiger partial charge in [0.15, 0.2) is 5.82 Å². The highest BCUT2D eigenvalue weighted by Gasteiger charge is 2.23. The normalized spacial score (nSPS) is 20.2. The van der Waals surface area contributed by atoms with E-state index in [0.29, 0.717) is 22.8 Å². The van der Waals surface area contributed by atoms with Gasteiger partial charge in [0, 0.05) is 12.0 Å². The van der Waals surface area contributed by atoms with Crippen LogP contribution in [0.2, 0.25) is 0 Å². The molecule has 1 atom stereocenters. The van der Waals surface area contributed by atoms with E-state index in [-0.39, 0.29) is 11.9 Å². The molecule has 2 aromatic heterocycles. The second-order valence-corrected chi connectivity index (χ2v) is 4.92. The molecule has 0 bridgehead atoms. The van der Waals surface area contributed by atoms with Crippen LogP contribution in [0.15, 0.2) is 5.38 Å². The van der Waals surface area contributed by atoms with E-state index in [4.69, 9.17) is 16.3 Å². The Labute approximate surface area is 101 Å². The quantitative estimate of drug-likeness (QED) is 0.794. The van der Waals surface area contributed by atoms with Crippen LogP contribution in [0.5, 0.6) is 0 Å². The van der Waals surface area contributed by atoms with E-state index >= 15 is 0 Å². The lowest BCUT2D eigenvalue weighted by Crippen LogP contribution is -2.31. The number of halogens is 2. The van der Waals surface area contributed by atoms with Crippen molar-refractivity contribution in [1.82, 2.24) is 9.55 Å². The van der Waals surface area contributed by atoms with Crippen molar-refractivity contribution in [3.05, 3.63) is 17.0 Å². The molecule has 6 heteroatoms. The number of hydrogen-bond acceptors (Lipinski definition) is 3. The minimum atomic E-state index is -0.219. The summed E-state index contributed by atoms with van der Waals surface area (Å²) >= 11 is 7.13. The summed E-state index contributed by atoms with van der Waals surface area (Å²) in [6.07, 6.45) is 1.20. The first-order chi connectivity index (χ1) is 7.79. The Hall–Kier alpha value is -0.650. The predicted molar refractivity (Wildman–Crippen MR) is 61.5 cm³/mol. The highest BCUT2D eigenvalue weighted by atomic mass is 35.5. The van der Waals surface area contributed by atoms with Crippen LogP contribution in [0, 0.1) is 5.82 Å². The third-order valence-corrected chi connectivity index (χ3v) is 3.89. The van der Waals surface area contributed by atoms with Gasteiger partial charge in [-0.25, -0.2) is 9.37 Å². The van der Waals surface area contributed by atoms with Crippen molar-refractivity contribution in [3.8, 4) is 0 Å². The Balaban J connectivity index is 2.05. The molecule has 3 heterocycles. The third kappa shape index (κ3) is 1.54. The van der Waals surface area contributed by atoms with E-state index in [9.17, 15) is 4.39 Å². The summed E-state index contributed by atoms with van der Waals surface area (Å²) in [5.74, 6) is 0.800. The fourth-order valence-electron chi connectivity index (χ4n) is 1.88. The second kappa shape index (κ2) is 3.98. The van der Waals surface area contributed by atoms with Crippen LogP contribution in [0.25, 0.3) is 10.3 Å². The summed E-state index contributed by atoms with van der Waals surface area (Å²) in [4.78, 5) is 5.03. The summed E-state index contributed by atoms with van der Waals surface area (Å²) < 4.78 is 20.8. The second-order valence-electron chi connectivity index (χ2n) is 3.79. The number of fused-ring (bicyclic) bond motifs is 1. The zero-order valence-corrected chi connectivity index (χ0v) is 10.0. The van der Waals surface area contributed by atoms with Gasteiger partial charge in [-0.15, -0.1) is 22.9 Å². The first kappa shape index (κ1) is 10.5. The molecule has 1 saturated heterocycles. The Morgan fingerprint density at radius 2 is 2.50 bits per heavy atom. The van der Waals surface area contributed by atoms with Crippen molar-refractivity contribution in [1.29, 1.82) is 0 Å². The third-order valence-electron chi connectivity index (χ3n) is 2.81. The first-order valence-electron chi connectivity index (χ1n) is 5.09. The highest BCUT2D eigenvalue weighted by Crippen LogP contribution is 2.28. The first-order valence-corrected chi connectivity index (χ1v) is 6.50. The number of ether oxygens (including phenoxy) is 1. The highest BCUT2D eigenvalue weighted by molar-refractivity contribution is 7.16. The average Bonchev–Trinajstić information content (AvgIpc) is 2.73. The Kier molecular flexibility index (Phi) is 2.61. The van der Waals surface area contributed by atoms with Gasteiger partial charge in [-0.3, -0.25) is 0 Å². The van der Waals surface area contributed by atoms with Gasteiger partial charge in [0.2, 0.25) is 0 Å². The molecule has 16 heavy (non-hydrogen) atoms. The molecular weight excluding hydrogens is 251 g/mol. The Morgan fingerprint density at radius 3 is 3.12 bits per heavy atom. The molecule has 3 nitrogen and oxygen atoms in total. The van der Waals surface area contributed by atoms with Gasteiger partial charge in [-0.1, -0.05) is 0 Å². The molecule has 1 fully saturated rings. The minimum absolute atomic E-state index is 0.179. The average molecular weight is 261 g/mol. The van der Waals surface area contributed by atoms with E-state index in [1.54, 1.807) is 0 Å². The molecule has 0 unspecified atom stereocenters. The van der Waals surface area contributed by atoms with Crippen LogP contribution in [0.4, 0.5) is 4.39 Å². The molecule has 0 amide bonds. The van der Waals surface area contributed by atoms with Crippen LogP contribution < -0.4 is 0 Å². The van der Waals surface area contributed by atoms with Crippen molar-refractivity contribution in [2.45, 2.75) is 24.9 Å². The maximum absolute atomic E-state index is 13.6. The molecular formula is C10H10ClFN2OS. The van der Waals surface area contributed by atoms with Gasteiger partial charge >= 0.3 is 0 Å². The lowest BCUT2D eigenvalue weighted by Gasteiger charge is -2.27. The zero-order valence-electron chi connectivity index (χ0n) is 8.45. The topological polar surface area (TPSA) is 27.1 Å². The van der Waals surface area contributed by atoms with E-state index in [1.165, 1.54) is 16.7 Å². The molecule has 0 aromatic carbocycles. The fraction of sp³-hybridized carbons (Fsp3) is 0.500. The summed E-state index contributed by atoms with van der Waals surface area (Å²) in [6.45, 7) is 1.44. The number of thiophene rings is 1. The Bertz CT molecular complexity index is 520. The summed E-state index contributed by atoms with van der Waals surface area (Å²) in [6, 6.07) is 0. The van der Waals surface area contributed by atoms with E-state index in [0.717, 1.165) is 18.9 Å². The number of aromatic nitrogens is 2. The van der Waals surface area contributed by atoms with Crippen LogP contribution in [-0.2, 0) is 17.2 Å². The molecule has 3 rings (SSSR count). The fourth-order valence-corrected chi connectivity index (χ4v) is 2.89. The van der Waals surface area contributed by atoms with Gasteiger partial charge in [-0.2, -0.15) is 0 Å². The molecule has 0 saturated carbocycles. The number of imidazole rings is 1. The molecule has 1 aliphatic heterocycles. The van der Waals surface area contributed by atoms with Crippen molar-refractivity contribution in [2.24, 2.45) is 0 Å². The lowest BCUT2D eigenvalue weighted by molar-refractivity contribution is -0.0589. The molecule has 0 spiro atoms. The predicted octanol–water partition coefficient (Wildman–Crippen LogP) is 2.76.